The van der Waals surface area contributed by atoms with Crippen molar-refractivity contribution in [2.45, 2.75) is 38.3 Å². The van der Waals surface area contributed by atoms with Gasteiger partial charge in [-0.25, -0.2) is 9.78 Å². The van der Waals surface area contributed by atoms with Gasteiger partial charge in [0.25, 0.3) is 5.69 Å². The topological polar surface area (TPSA) is 121 Å². The molecule has 1 aromatic heterocycles. The Kier molecular flexibility index (Phi) is 6.96. The minimum absolute atomic E-state index is 0.0305. The quantitative estimate of drug-likeness (QED) is 0.486. The number of aliphatic hydroxyl groups is 1. The maximum Gasteiger partial charge on any atom is 0.319 e. The molecule has 1 fully saturated rings. The van der Waals surface area contributed by atoms with E-state index in [9.17, 15) is 20.0 Å². The Morgan fingerprint density at radius 3 is 2.69 bits per heavy atom. The predicted molar refractivity (Wildman–Crippen MR) is 110 cm³/mol. The van der Waals surface area contributed by atoms with Crippen molar-refractivity contribution in [3.8, 4) is 0 Å². The molecule has 2 aromatic rings. The van der Waals surface area contributed by atoms with Gasteiger partial charge >= 0.3 is 6.03 Å². The van der Waals surface area contributed by atoms with Crippen LogP contribution in [0, 0.1) is 10.1 Å². The van der Waals surface area contributed by atoms with Crippen molar-refractivity contribution in [2.75, 3.05) is 23.4 Å². The SMILES string of the molecule is O=C(NCc1ccc(N2CCCC[C@@H]2CCO)nc1)Nc1ccc([N+](=O)[O-])cc1. The van der Waals surface area contributed by atoms with Crippen molar-refractivity contribution in [1.82, 2.24) is 10.3 Å². The number of hydrogen-bond donors (Lipinski definition) is 3. The molecule has 0 unspecified atom stereocenters. The fraction of sp³-hybridized carbons (Fsp3) is 0.400. The number of carbonyl (C=O) groups is 1. The molecular weight excluding hydrogens is 374 g/mol. The van der Waals surface area contributed by atoms with Gasteiger partial charge in [0.1, 0.15) is 5.82 Å². The number of pyridine rings is 1. The number of nitro groups is 1. The highest BCUT2D eigenvalue weighted by atomic mass is 16.6. The number of hydrogen-bond acceptors (Lipinski definition) is 6. The first-order valence-corrected chi connectivity index (χ1v) is 9.68. The lowest BCUT2D eigenvalue weighted by atomic mass is 9.99. The summed E-state index contributed by atoms with van der Waals surface area (Å²) in [5, 5.41) is 25.3. The van der Waals surface area contributed by atoms with Gasteiger partial charge in [0.2, 0.25) is 0 Å². The molecule has 0 spiro atoms. The van der Waals surface area contributed by atoms with E-state index in [0.29, 0.717) is 18.3 Å². The lowest BCUT2D eigenvalue weighted by Crippen LogP contribution is -2.40. The molecule has 3 N–H and O–H groups in total. The summed E-state index contributed by atoms with van der Waals surface area (Å²) in [5.41, 5.74) is 1.31. The van der Waals surface area contributed by atoms with Crippen molar-refractivity contribution in [3.63, 3.8) is 0 Å². The minimum atomic E-state index is -0.490. The number of anilines is 2. The number of amides is 2. The van der Waals surface area contributed by atoms with Crippen molar-refractivity contribution in [2.24, 2.45) is 0 Å². The third kappa shape index (κ3) is 5.64. The zero-order chi connectivity index (χ0) is 20.6. The Bertz CT molecular complexity index is 824. The summed E-state index contributed by atoms with van der Waals surface area (Å²) < 4.78 is 0. The predicted octanol–water partition coefficient (Wildman–Crippen LogP) is 3.05. The van der Waals surface area contributed by atoms with Gasteiger partial charge < -0.3 is 20.6 Å². The number of non-ortho nitro benzene ring substituents is 1. The van der Waals surface area contributed by atoms with Crippen LogP contribution in [0.3, 0.4) is 0 Å². The van der Waals surface area contributed by atoms with E-state index in [0.717, 1.165) is 37.2 Å². The average molecular weight is 399 g/mol. The Labute approximate surface area is 168 Å². The maximum atomic E-state index is 12.0. The van der Waals surface area contributed by atoms with Crippen LogP contribution in [0.15, 0.2) is 42.6 Å². The molecule has 9 heteroatoms. The van der Waals surface area contributed by atoms with Crippen molar-refractivity contribution in [3.05, 3.63) is 58.3 Å². The summed E-state index contributed by atoms with van der Waals surface area (Å²) in [6, 6.07) is 9.43. The molecule has 1 saturated heterocycles. The second-order valence-electron chi connectivity index (χ2n) is 6.99. The lowest BCUT2D eigenvalue weighted by Gasteiger charge is -2.36. The number of nitrogens with one attached hydrogen (secondary N) is 2. The zero-order valence-electron chi connectivity index (χ0n) is 16.1. The highest BCUT2D eigenvalue weighted by molar-refractivity contribution is 5.89. The largest absolute Gasteiger partial charge is 0.396 e. The third-order valence-electron chi connectivity index (χ3n) is 4.98. The number of carbonyl (C=O) groups excluding carboxylic acids is 1. The van der Waals surface area contributed by atoms with Crippen LogP contribution in [-0.4, -0.2) is 40.2 Å². The summed E-state index contributed by atoms with van der Waals surface area (Å²) in [5.74, 6) is 0.891. The maximum absolute atomic E-state index is 12.0. The average Bonchev–Trinajstić information content (AvgIpc) is 2.74. The first kappa shape index (κ1) is 20.5. The minimum Gasteiger partial charge on any atom is -0.396 e. The monoisotopic (exact) mass is 399 g/mol. The van der Waals surface area contributed by atoms with E-state index in [1.807, 2.05) is 12.1 Å². The normalized spacial score (nSPS) is 16.3. The van der Waals surface area contributed by atoms with Gasteiger partial charge in [-0.15, -0.1) is 0 Å². The molecule has 0 bridgehead atoms. The number of piperidine rings is 1. The molecule has 3 rings (SSSR count). The van der Waals surface area contributed by atoms with Crippen LogP contribution < -0.4 is 15.5 Å². The van der Waals surface area contributed by atoms with Crippen LogP contribution in [0.4, 0.5) is 22.0 Å². The van der Waals surface area contributed by atoms with Crippen molar-refractivity contribution >= 4 is 23.2 Å². The van der Waals surface area contributed by atoms with Crippen LogP contribution in [0.25, 0.3) is 0 Å². The molecule has 2 amide bonds. The molecule has 9 nitrogen and oxygen atoms in total. The molecule has 0 aliphatic carbocycles. The standard InChI is InChI=1S/C20H25N5O4/c26-12-10-17-3-1-2-11-24(17)19-9-4-15(13-21-19)14-22-20(27)23-16-5-7-18(8-6-16)25(28)29/h4-9,13,17,26H,1-3,10-12,14H2,(H2,22,23,27)/t17-/m1/s1. The summed E-state index contributed by atoms with van der Waals surface area (Å²) in [7, 11) is 0. The Hall–Kier alpha value is -3.20. The second-order valence-corrected chi connectivity index (χ2v) is 6.99. The number of aromatic nitrogens is 1. The van der Waals surface area contributed by atoms with Gasteiger partial charge in [-0.1, -0.05) is 6.07 Å². The summed E-state index contributed by atoms with van der Waals surface area (Å²) >= 11 is 0. The van der Waals surface area contributed by atoms with Gasteiger partial charge in [0.15, 0.2) is 0 Å². The summed E-state index contributed by atoms with van der Waals surface area (Å²) in [6.07, 6.45) is 5.84. The molecule has 1 aliphatic rings. The highest BCUT2D eigenvalue weighted by Crippen LogP contribution is 2.25. The van der Waals surface area contributed by atoms with Gasteiger partial charge in [-0.05, 0) is 49.4 Å². The highest BCUT2D eigenvalue weighted by Gasteiger charge is 2.22. The van der Waals surface area contributed by atoms with E-state index in [1.54, 1.807) is 6.20 Å². The molecule has 1 aromatic carbocycles. The molecule has 29 heavy (non-hydrogen) atoms. The fourth-order valence-corrected chi connectivity index (χ4v) is 3.47. The van der Waals surface area contributed by atoms with Crippen LogP contribution >= 0.6 is 0 Å². The lowest BCUT2D eigenvalue weighted by molar-refractivity contribution is -0.384. The summed E-state index contributed by atoms with van der Waals surface area (Å²) in [4.78, 5) is 29.0. The van der Waals surface area contributed by atoms with E-state index < -0.39 is 11.0 Å². The van der Waals surface area contributed by atoms with Gasteiger partial charge in [0, 0.05) is 49.8 Å². The summed E-state index contributed by atoms with van der Waals surface area (Å²) in [6.45, 7) is 1.42. The smallest absolute Gasteiger partial charge is 0.319 e. The van der Waals surface area contributed by atoms with E-state index in [4.69, 9.17) is 0 Å². The molecule has 2 heterocycles. The first-order valence-electron chi connectivity index (χ1n) is 9.68. The van der Waals surface area contributed by atoms with Crippen LogP contribution in [0.5, 0.6) is 0 Å². The first-order chi connectivity index (χ1) is 14.1. The fourth-order valence-electron chi connectivity index (χ4n) is 3.47. The number of benzene rings is 1. The Morgan fingerprint density at radius 2 is 2.03 bits per heavy atom. The van der Waals surface area contributed by atoms with E-state index in [1.165, 1.54) is 30.7 Å². The second kappa shape index (κ2) is 9.83. The van der Waals surface area contributed by atoms with Gasteiger partial charge in [-0.3, -0.25) is 10.1 Å². The molecule has 1 atom stereocenters. The molecular formula is C20H25N5O4. The van der Waals surface area contributed by atoms with Crippen LogP contribution in [0.2, 0.25) is 0 Å². The number of rotatable bonds is 7. The molecule has 0 saturated carbocycles. The number of nitro benzene ring substituents is 1. The van der Waals surface area contributed by atoms with Crippen LogP contribution in [-0.2, 0) is 6.54 Å². The number of aliphatic hydroxyl groups excluding tert-OH is 1. The van der Waals surface area contributed by atoms with Crippen LogP contribution in [0.1, 0.15) is 31.2 Å². The Balaban J connectivity index is 1.51. The molecule has 1 aliphatic heterocycles. The molecule has 0 radical (unpaired) electrons. The Morgan fingerprint density at radius 1 is 1.24 bits per heavy atom. The van der Waals surface area contributed by atoms with Crippen molar-refractivity contribution < 1.29 is 14.8 Å². The van der Waals surface area contributed by atoms with Gasteiger partial charge in [-0.2, -0.15) is 0 Å². The number of urea groups is 1. The van der Waals surface area contributed by atoms with Crippen molar-refractivity contribution in [1.29, 1.82) is 0 Å². The third-order valence-corrected chi connectivity index (χ3v) is 4.98. The zero-order valence-corrected chi connectivity index (χ0v) is 16.1. The molecule has 154 valence electrons. The van der Waals surface area contributed by atoms with E-state index in [-0.39, 0.29) is 12.3 Å². The van der Waals surface area contributed by atoms with E-state index in [2.05, 4.69) is 20.5 Å². The number of nitrogens with zero attached hydrogens (tertiary/aromatic N) is 3. The van der Waals surface area contributed by atoms with Gasteiger partial charge in [0.05, 0.1) is 4.92 Å². The van der Waals surface area contributed by atoms with E-state index >= 15 is 0 Å².